The quantitative estimate of drug-likeness (QED) is 0.579. The summed E-state index contributed by atoms with van der Waals surface area (Å²) in [6.45, 7) is 1.38. The molecule has 0 radical (unpaired) electrons. The van der Waals surface area contributed by atoms with Crippen LogP contribution in [0.3, 0.4) is 0 Å². The number of hydrogen-bond donors (Lipinski definition) is 2. The van der Waals surface area contributed by atoms with E-state index in [-0.39, 0.29) is 18.1 Å². The van der Waals surface area contributed by atoms with Gasteiger partial charge >= 0.3 is 0 Å². The Morgan fingerprint density at radius 3 is 2.00 bits per heavy atom. The Labute approximate surface area is 78.8 Å². The summed E-state index contributed by atoms with van der Waals surface area (Å²) in [4.78, 5) is 0. The lowest BCUT2D eigenvalue weighted by Crippen LogP contribution is -2.33. The Morgan fingerprint density at radius 2 is 1.62 bits per heavy atom. The second-order valence-corrected chi connectivity index (χ2v) is 6.46. The van der Waals surface area contributed by atoms with E-state index in [9.17, 15) is 16.8 Å². The van der Waals surface area contributed by atoms with Crippen LogP contribution in [0.4, 0.5) is 0 Å². The predicted molar refractivity (Wildman–Crippen MR) is 50.3 cm³/mol. The molecule has 0 aliphatic carbocycles. The van der Waals surface area contributed by atoms with Crippen LogP contribution in [0.25, 0.3) is 0 Å². The molecular weight excluding hydrogens is 216 g/mol. The summed E-state index contributed by atoms with van der Waals surface area (Å²) < 4.78 is 47.6. The normalized spacial score (nSPS) is 13.1. The summed E-state index contributed by atoms with van der Waals surface area (Å²) >= 11 is 0. The second kappa shape index (κ2) is 4.89. The fraction of sp³-hybridized carbons (Fsp3) is 1.00. The lowest BCUT2D eigenvalue weighted by atomic mass is 10.8. The molecular formula is C5H14N2O4S2. The molecule has 0 saturated carbocycles. The van der Waals surface area contributed by atoms with Crippen LogP contribution in [0.2, 0.25) is 0 Å². The van der Waals surface area contributed by atoms with Gasteiger partial charge in [0, 0.05) is 6.54 Å². The van der Waals surface area contributed by atoms with Gasteiger partial charge in [-0.05, 0) is 14.0 Å². The van der Waals surface area contributed by atoms with E-state index >= 15 is 0 Å². The summed E-state index contributed by atoms with van der Waals surface area (Å²) in [5, 5.41) is 0. The summed E-state index contributed by atoms with van der Waals surface area (Å²) in [5.74, 6) is -0.296. The van der Waals surface area contributed by atoms with Crippen LogP contribution in [-0.2, 0) is 20.0 Å². The monoisotopic (exact) mass is 230 g/mol. The van der Waals surface area contributed by atoms with Crippen LogP contribution in [-0.4, -0.2) is 41.9 Å². The van der Waals surface area contributed by atoms with E-state index in [1.807, 2.05) is 0 Å². The van der Waals surface area contributed by atoms with Crippen LogP contribution < -0.4 is 9.44 Å². The lowest BCUT2D eigenvalue weighted by Gasteiger charge is -2.04. The molecule has 0 unspecified atom stereocenters. The first-order chi connectivity index (χ1) is 5.83. The first-order valence-corrected chi connectivity index (χ1v) is 7.02. The molecule has 8 heteroatoms. The largest absolute Gasteiger partial charge is 0.218 e. The Balaban J connectivity index is 3.96. The van der Waals surface area contributed by atoms with Gasteiger partial charge in [0.15, 0.2) is 0 Å². The highest BCUT2D eigenvalue weighted by molar-refractivity contribution is 7.90. The average Bonchev–Trinajstić information content (AvgIpc) is 2.04. The van der Waals surface area contributed by atoms with Gasteiger partial charge in [0.1, 0.15) is 0 Å². The van der Waals surface area contributed by atoms with Crippen LogP contribution in [0.5, 0.6) is 0 Å². The Morgan fingerprint density at radius 1 is 1.08 bits per heavy atom. The first-order valence-electron chi connectivity index (χ1n) is 3.71. The van der Waals surface area contributed by atoms with Gasteiger partial charge in [-0.15, -0.1) is 0 Å². The van der Waals surface area contributed by atoms with Gasteiger partial charge in [-0.3, -0.25) is 0 Å². The molecule has 0 amide bonds. The van der Waals surface area contributed by atoms with E-state index < -0.39 is 20.0 Å². The molecule has 0 rings (SSSR count). The Hall–Kier alpha value is -0.180. The maximum atomic E-state index is 10.8. The van der Waals surface area contributed by atoms with E-state index in [0.717, 1.165) is 0 Å². The van der Waals surface area contributed by atoms with Gasteiger partial charge in [-0.2, -0.15) is 0 Å². The predicted octanol–water partition coefficient (Wildman–Crippen LogP) is -1.53. The van der Waals surface area contributed by atoms with Crippen LogP contribution >= 0.6 is 0 Å². The summed E-state index contributed by atoms with van der Waals surface area (Å²) in [7, 11) is -5.34. The highest BCUT2D eigenvalue weighted by atomic mass is 32.2. The molecule has 0 atom stereocenters. The summed E-state index contributed by atoms with van der Waals surface area (Å²) in [5.41, 5.74) is 0. The highest BCUT2D eigenvalue weighted by Gasteiger charge is 2.10. The zero-order chi connectivity index (χ0) is 10.5. The van der Waals surface area contributed by atoms with Crippen LogP contribution in [0.1, 0.15) is 6.92 Å². The fourth-order valence-corrected chi connectivity index (χ4v) is 1.86. The first kappa shape index (κ1) is 12.8. The number of nitrogens with one attached hydrogen (secondary N) is 2. The molecule has 0 aromatic rings. The molecule has 0 fully saturated rings. The minimum absolute atomic E-state index is 0.0490. The third-order valence-electron chi connectivity index (χ3n) is 1.38. The van der Waals surface area contributed by atoms with Crippen molar-refractivity contribution in [2.75, 3.05) is 25.1 Å². The molecule has 0 aliphatic rings. The number of sulfonamides is 2. The zero-order valence-electron chi connectivity index (χ0n) is 7.57. The Kier molecular flexibility index (Phi) is 4.82. The van der Waals surface area contributed by atoms with Crippen molar-refractivity contribution in [3.05, 3.63) is 0 Å². The van der Waals surface area contributed by atoms with E-state index in [2.05, 4.69) is 9.44 Å². The maximum absolute atomic E-state index is 10.8. The van der Waals surface area contributed by atoms with E-state index in [1.54, 1.807) is 0 Å². The highest BCUT2D eigenvalue weighted by Crippen LogP contribution is 1.84. The van der Waals surface area contributed by atoms with Gasteiger partial charge in [0.05, 0.1) is 11.5 Å². The summed E-state index contributed by atoms with van der Waals surface area (Å²) in [6, 6.07) is 0. The van der Waals surface area contributed by atoms with Crippen molar-refractivity contribution in [2.24, 2.45) is 0 Å². The van der Waals surface area contributed by atoms with Crippen molar-refractivity contribution >= 4 is 20.0 Å². The summed E-state index contributed by atoms with van der Waals surface area (Å²) in [6.07, 6.45) is 0. The molecule has 0 heterocycles. The molecule has 6 nitrogen and oxygen atoms in total. The molecule has 80 valence electrons. The molecule has 0 bridgehead atoms. The fourth-order valence-electron chi connectivity index (χ4n) is 0.536. The van der Waals surface area contributed by atoms with Gasteiger partial charge < -0.3 is 0 Å². The van der Waals surface area contributed by atoms with Crippen LogP contribution in [0.15, 0.2) is 0 Å². The van der Waals surface area contributed by atoms with Crippen molar-refractivity contribution in [1.82, 2.24) is 9.44 Å². The standard InChI is InChI=1S/C5H14N2O4S2/c1-3-12(8,9)7-4-5-13(10,11)6-2/h6-7H,3-5H2,1-2H3. The minimum Gasteiger partial charge on any atom is -0.218 e. The smallest absolute Gasteiger partial charge is 0.212 e. The van der Waals surface area contributed by atoms with Crippen molar-refractivity contribution in [3.63, 3.8) is 0 Å². The van der Waals surface area contributed by atoms with Gasteiger partial charge in [0.25, 0.3) is 0 Å². The van der Waals surface area contributed by atoms with E-state index in [4.69, 9.17) is 0 Å². The molecule has 2 N–H and O–H groups in total. The number of rotatable bonds is 6. The topological polar surface area (TPSA) is 92.3 Å². The van der Waals surface area contributed by atoms with Crippen molar-refractivity contribution in [1.29, 1.82) is 0 Å². The molecule has 0 aromatic carbocycles. The maximum Gasteiger partial charge on any atom is 0.212 e. The minimum atomic E-state index is -3.33. The van der Waals surface area contributed by atoms with E-state index in [0.29, 0.717) is 0 Å². The molecule has 0 aromatic heterocycles. The third kappa shape index (κ3) is 5.97. The lowest BCUT2D eigenvalue weighted by molar-refractivity contribution is 0.579. The zero-order valence-corrected chi connectivity index (χ0v) is 9.20. The molecule has 0 saturated heterocycles. The molecule has 0 aliphatic heterocycles. The van der Waals surface area contributed by atoms with Crippen molar-refractivity contribution in [2.45, 2.75) is 6.92 Å². The number of hydrogen-bond acceptors (Lipinski definition) is 4. The van der Waals surface area contributed by atoms with Gasteiger partial charge in [-0.25, -0.2) is 26.3 Å². The van der Waals surface area contributed by atoms with Crippen LogP contribution in [0, 0.1) is 0 Å². The SMILES string of the molecule is CCS(=O)(=O)NCCS(=O)(=O)NC. The van der Waals surface area contributed by atoms with E-state index in [1.165, 1.54) is 14.0 Å². The van der Waals surface area contributed by atoms with Gasteiger partial charge in [0.2, 0.25) is 20.0 Å². The average molecular weight is 230 g/mol. The second-order valence-electron chi connectivity index (χ2n) is 2.32. The Bertz CT molecular complexity index is 298. The molecule has 13 heavy (non-hydrogen) atoms. The molecule has 0 spiro atoms. The third-order valence-corrected chi connectivity index (χ3v) is 4.15. The van der Waals surface area contributed by atoms with Gasteiger partial charge in [-0.1, -0.05) is 0 Å². The van der Waals surface area contributed by atoms with Crippen molar-refractivity contribution in [3.8, 4) is 0 Å². The van der Waals surface area contributed by atoms with Crippen molar-refractivity contribution < 1.29 is 16.8 Å².